The van der Waals surface area contributed by atoms with Crippen LogP contribution in [0, 0.1) is 5.41 Å². The number of hydrogen-bond donors (Lipinski definition) is 3. The van der Waals surface area contributed by atoms with E-state index in [9.17, 15) is 9.90 Å². The van der Waals surface area contributed by atoms with Crippen LogP contribution in [0.1, 0.15) is 144 Å². The molecule has 0 unspecified atom stereocenters. The van der Waals surface area contributed by atoms with Gasteiger partial charge in [-0.25, -0.2) is 0 Å². The number of benzene rings is 3. The molecule has 1 amide bonds. The van der Waals surface area contributed by atoms with Gasteiger partial charge in [-0.15, -0.1) is 0 Å². The van der Waals surface area contributed by atoms with Crippen molar-refractivity contribution in [1.29, 1.82) is 0 Å². The fourth-order valence-corrected chi connectivity index (χ4v) is 6.85. The molecule has 0 aromatic heterocycles. The van der Waals surface area contributed by atoms with Crippen LogP contribution in [0.4, 0.5) is 11.4 Å². The molecule has 0 spiro atoms. The second-order valence-electron chi connectivity index (χ2n) is 14.3. The van der Waals surface area contributed by atoms with Gasteiger partial charge >= 0.3 is 0 Å². The summed E-state index contributed by atoms with van der Waals surface area (Å²) < 4.78 is 0. The highest BCUT2D eigenvalue weighted by Gasteiger charge is 2.24. The maximum Gasteiger partial charge on any atom is 0.255 e. The number of carbonyl (C=O) groups excluding carboxylic acids is 1. The number of aromatic hydroxyl groups is 1. The number of aryl methyl sites for hydroxylation is 4. The van der Waals surface area contributed by atoms with Crippen molar-refractivity contribution in [3.63, 3.8) is 0 Å². The quantitative estimate of drug-likeness (QED) is 0.149. The van der Waals surface area contributed by atoms with Crippen LogP contribution in [0.25, 0.3) is 5.57 Å². The Morgan fingerprint density at radius 1 is 0.674 bits per heavy atom. The fraction of sp³-hybridized carbons (Fsp3) is 0.500. The Kier molecular flexibility index (Phi) is 12.7. The Labute approximate surface area is 280 Å². The lowest BCUT2D eigenvalue weighted by molar-refractivity contribution is 0.102. The molecule has 0 atom stereocenters. The third-order valence-electron chi connectivity index (χ3n) is 9.45. The van der Waals surface area contributed by atoms with Crippen LogP contribution in [0.3, 0.4) is 0 Å². The molecule has 3 aromatic rings. The second-order valence-corrected chi connectivity index (χ2v) is 14.3. The molecule has 0 radical (unpaired) electrons. The van der Waals surface area contributed by atoms with E-state index in [0.29, 0.717) is 5.56 Å². The second kappa shape index (κ2) is 15.8. The first-order valence-corrected chi connectivity index (χ1v) is 17.6. The Bertz CT molecular complexity index is 1480. The lowest BCUT2D eigenvalue weighted by Crippen LogP contribution is -2.31. The molecule has 0 bridgehead atoms. The summed E-state index contributed by atoms with van der Waals surface area (Å²) in [5, 5.41) is 17.7. The smallest absolute Gasteiger partial charge is 0.255 e. The zero-order valence-corrected chi connectivity index (χ0v) is 30.5. The summed E-state index contributed by atoms with van der Waals surface area (Å²) in [6.45, 7) is 26.4. The first-order chi connectivity index (χ1) is 21.7. The van der Waals surface area contributed by atoms with Crippen LogP contribution in [-0.4, -0.2) is 16.6 Å². The third-order valence-corrected chi connectivity index (χ3v) is 9.45. The summed E-state index contributed by atoms with van der Waals surface area (Å²) in [5.74, 6) is -0.143. The maximum atomic E-state index is 13.7. The predicted octanol–water partition coefficient (Wildman–Crippen LogP) is 11.3. The van der Waals surface area contributed by atoms with Crippen molar-refractivity contribution in [2.45, 2.75) is 133 Å². The van der Waals surface area contributed by atoms with Crippen molar-refractivity contribution in [1.82, 2.24) is 0 Å². The van der Waals surface area contributed by atoms with Crippen LogP contribution in [-0.2, 0) is 32.1 Å². The third kappa shape index (κ3) is 9.05. The highest BCUT2D eigenvalue weighted by molar-refractivity contribution is 6.06. The summed E-state index contributed by atoms with van der Waals surface area (Å²) in [6, 6.07) is 14.4. The lowest BCUT2D eigenvalue weighted by atomic mass is 9.77. The van der Waals surface area contributed by atoms with Crippen molar-refractivity contribution in [2.75, 3.05) is 10.6 Å². The summed E-state index contributed by atoms with van der Waals surface area (Å²) in [7, 11) is 0. The molecule has 0 aliphatic heterocycles. The predicted molar refractivity (Wildman–Crippen MR) is 200 cm³/mol. The maximum absolute atomic E-state index is 13.7. The van der Waals surface area contributed by atoms with Crippen LogP contribution in [0.2, 0.25) is 0 Å². The number of hydrogen-bond acceptors (Lipinski definition) is 3. The van der Waals surface area contributed by atoms with E-state index in [1.165, 1.54) is 27.9 Å². The monoisotopic (exact) mass is 624 g/mol. The molecule has 0 heterocycles. The minimum Gasteiger partial charge on any atom is -0.508 e. The summed E-state index contributed by atoms with van der Waals surface area (Å²) in [6.07, 6.45) is 8.72. The summed E-state index contributed by atoms with van der Waals surface area (Å²) in [4.78, 5) is 13.7. The zero-order valence-electron chi connectivity index (χ0n) is 30.5. The van der Waals surface area contributed by atoms with Crippen molar-refractivity contribution in [3.05, 3.63) is 93.6 Å². The van der Waals surface area contributed by atoms with Crippen molar-refractivity contribution in [2.24, 2.45) is 5.41 Å². The molecular formula is C42H60N2O2. The Morgan fingerprint density at radius 3 is 1.59 bits per heavy atom. The van der Waals surface area contributed by atoms with Gasteiger partial charge in [-0.1, -0.05) is 99.1 Å². The molecular weight excluding hydrogens is 564 g/mol. The molecule has 4 heteroatoms. The number of phenolic OH excluding ortho intramolecular Hbond substituents is 1. The van der Waals surface area contributed by atoms with E-state index >= 15 is 0 Å². The van der Waals surface area contributed by atoms with Crippen LogP contribution in [0.15, 0.2) is 49.0 Å². The van der Waals surface area contributed by atoms with Gasteiger partial charge in [-0.3, -0.25) is 4.79 Å². The minimum absolute atomic E-state index is 0.0517. The molecule has 4 nitrogen and oxygen atoms in total. The van der Waals surface area contributed by atoms with Crippen LogP contribution < -0.4 is 10.6 Å². The first kappa shape index (κ1) is 36.9. The average Bonchev–Trinajstić information content (AvgIpc) is 3.00. The van der Waals surface area contributed by atoms with Crippen molar-refractivity contribution in [3.8, 4) is 5.75 Å². The largest absolute Gasteiger partial charge is 0.508 e. The summed E-state index contributed by atoms with van der Waals surface area (Å²) >= 11 is 0. The molecule has 0 aliphatic rings. The van der Waals surface area contributed by atoms with E-state index in [1.807, 2.05) is 6.07 Å². The topological polar surface area (TPSA) is 61.4 Å². The van der Waals surface area contributed by atoms with Gasteiger partial charge in [0.25, 0.3) is 5.91 Å². The average molecular weight is 625 g/mol. The molecule has 0 saturated heterocycles. The van der Waals surface area contributed by atoms with Gasteiger partial charge in [0.2, 0.25) is 0 Å². The van der Waals surface area contributed by atoms with Gasteiger partial charge in [0.1, 0.15) is 5.75 Å². The highest BCUT2D eigenvalue weighted by atomic mass is 16.3. The molecule has 0 saturated carbocycles. The number of nitrogens with one attached hydrogen (secondary N) is 2. The van der Waals surface area contributed by atoms with Gasteiger partial charge in [0, 0.05) is 22.5 Å². The molecule has 250 valence electrons. The Hall–Kier alpha value is -3.53. The SMILES string of the molecule is C=C(c1cc(O)cc(C(=O)Nc2c(CC)cc(Cc3cc(CC)c(NC(C)(C)CCC)c(CC)c3)cc2CC)c1)C(C)(C)CCC. The highest BCUT2D eigenvalue weighted by Crippen LogP contribution is 2.39. The molecule has 0 fully saturated rings. The van der Waals surface area contributed by atoms with Crippen molar-refractivity contribution < 1.29 is 9.90 Å². The Balaban J connectivity index is 1.95. The first-order valence-electron chi connectivity index (χ1n) is 17.6. The molecule has 3 rings (SSSR count). The van der Waals surface area contributed by atoms with Gasteiger partial charge in [0.15, 0.2) is 0 Å². The van der Waals surface area contributed by atoms with E-state index in [-0.39, 0.29) is 22.6 Å². The van der Waals surface area contributed by atoms with Gasteiger partial charge in [0.05, 0.1) is 0 Å². The molecule has 3 aromatic carbocycles. The Morgan fingerprint density at radius 2 is 1.13 bits per heavy atom. The number of carbonyl (C=O) groups is 1. The van der Waals surface area contributed by atoms with Crippen molar-refractivity contribution >= 4 is 22.9 Å². The van der Waals surface area contributed by atoms with Crippen LogP contribution in [0.5, 0.6) is 5.75 Å². The van der Waals surface area contributed by atoms with Crippen LogP contribution >= 0.6 is 0 Å². The van der Waals surface area contributed by atoms with Gasteiger partial charge in [-0.2, -0.15) is 0 Å². The van der Waals surface area contributed by atoms with Gasteiger partial charge in [-0.05, 0) is 127 Å². The standard InChI is InChI=1S/C42H60N2O2/c1-12-18-41(8,9)28(7)35-25-36(27-37(45)26-35)40(46)43-38-31(14-3)21-29(22-32(38)15-4)20-30-23-33(16-5)39(34(17-6)24-30)44-42(10,11)19-13-2/h21-27,44-45H,7,12-20H2,1-6,8-11H3,(H,43,46). The van der Waals surface area contributed by atoms with E-state index in [2.05, 4.69) is 111 Å². The van der Waals surface area contributed by atoms with E-state index in [4.69, 9.17) is 0 Å². The number of amides is 1. The van der Waals surface area contributed by atoms with E-state index in [1.54, 1.807) is 12.1 Å². The fourth-order valence-electron chi connectivity index (χ4n) is 6.85. The molecule has 0 aliphatic carbocycles. The number of phenols is 1. The summed E-state index contributed by atoms with van der Waals surface area (Å²) in [5.41, 5.74) is 11.9. The zero-order chi connectivity index (χ0) is 34.2. The van der Waals surface area contributed by atoms with E-state index < -0.39 is 0 Å². The number of rotatable bonds is 16. The molecule has 3 N–H and O–H groups in total. The van der Waals surface area contributed by atoms with Gasteiger partial charge < -0.3 is 15.7 Å². The normalized spacial score (nSPS) is 11.9. The molecule has 46 heavy (non-hydrogen) atoms. The lowest BCUT2D eigenvalue weighted by Gasteiger charge is -2.30. The van der Waals surface area contributed by atoms with E-state index in [0.717, 1.165) is 85.7 Å². The minimum atomic E-state index is -0.218. The number of anilines is 2. The number of allylic oxidation sites excluding steroid dienone is 1.